The second-order valence-corrected chi connectivity index (χ2v) is 8.71. The molecule has 3 aromatic rings. The molecule has 1 fully saturated rings. The van der Waals surface area contributed by atoms with E-state index in [2.05, 4.69) is 28.1 Å². The highest BCUT2D eigenvalue weighted by Crippen LogP contribution is 2.24. The molecule has 1 aliphatic heterocycles. The molecule has 0 bridgehead atoms. The Balaban J connectivity index is 1.43. The van der Waals surface area contributed by atoms with E-state index in [-0.39, 0.29) is 6.09 Å². The fourth-order valence-corrected chi connectivity index (χ4v) is 3.76. The zero-order valence-electron chi connectivity index (χ0n) is 17.8. The lowest BCUT2D eigenvalue weighted by Crippen LogP contribution is -2.49. The smallest absolute Gasteiger partial charge is 0.410 e. The molecule has 2 heterocycles. The number of amides is 1. The van der Waals surface area contributed by atoms with Gasteiger partial charge in [0.1, 0.15) is 5.60 Å². The first-order valence-electron chi connectivity index (χ1n) is 10.3. The molecule has 0 saturated carbocycles. The summed E-state index contributed by atoms with van der Waals surface area (Å²) in [6.45, 7) is 9.47. The molecule has 158 valence electrons. The maximum absolute atomic E-state index is 12.2. The maximum atomic E-state index is 12.2. The number of carbonyl (C=O) groups excluding carboxylic acids is 1. The summed E-state index contributed by atoms with van der Waals surface area (Å²) in [4.78, 5) is 20.9. The van der Waals surface area contributed by atoms with Crippen LogP contribution in [0.15, 0.2) is 48.5 Å². The fraction of sp³-hybridized carbons (Fsp3) is 0.391. The number of aromatic nitrogens is 2. The van der Waals surface area contributed by atoms with Crippen LogP contribution in [-0.4, -0.2) is 57.2 Å². The molecule has 1 aliphatic rings. The highest BCUT2D eigenvalue weighted by atomic mass is 16.6. The molecule has 30 heavy (non-hydrogen) atoms. The number of imidazole rings is 1. The van der Waals surface area contributed by atoms with Crippen LogP contribution in [0.25, 0.3) is 16.7 Å². The number of anilines is 1. The van der Waals surface area contributed by atoms with E-state index in [0.29, 0.717) is 19.0 Å². The third kappa shape index (κ3) is 4.41. The van der Waals surface area contributed by atoms with Gasteiger partial charge >= 0.3 is 6.09 Å². The Hall–Kier alpha value is -3.06. The summed E-state index contributed by atoms with van der Waals surface area (Å²) in [5, 5.41) is 0. The molecule has 1 aromatic heterocycles. The minimum Gasteiger partial charge on any atom is -0.444 e. The number of fused-ring (bicyclic) bond motifs is 1. The van der Waals surface area contributed by atoms with Crippen molar-refractivity contribution in [2.45, 2.75) is 32.9 Å². The van der Waals surface area contributed by atoms with Gasteiger partial charge in [0.05, 0.1) is 11.0 Å². The molecule has 0 radical (unpaired) electrons. The Morgan fingerprint density at radius 2 is 1.77 bits per heavy atom. The van der Waals surface area contributed by atoms with E-state index in [1.54, 1.807) is 4.90 Å². The van der Waals surface area contributed by atoms with Crippen LogP contribution < -0.4 is 5.73 Å². The van der Waals surface area contributed by atoms with Crippen LogP contribution in [0.4, 0.5) is 10.7 Å². The number of piperazine rings is 1. The highest BCUT2D eigenvalue weighted by molar-refractivity contribution is 5.81. The lowest BCUT2D eigenvalue weighted by atomic mass is 10.1. The van der Waals surface area contributed by atoms with Gasteiger partial charge in [-0.05, 0) is 50.6 Å². The first-order valence-corrected chi connectivity index (χ1v) is 10.3. The largest absolute Gasteiger partial charge is 0.444 e. The van der Waals surface area contributed by atoms with Gasteiger partial charge in [-0.2, -0.15) is 0 Å². The number of nitrogens with zero attached hydrogens (tertiary/aromatic N) is 4. The molecule has 4 rings (SSSR count). The van der Waals surface area contributed by atoms with Crippen LogP contribution in [0.3, 0.4) is 0 Å². The van der Waals surface area contributed by atoms with E-state index < -0.39 is 5.60 Å². The van der Waals surface area contributed by atoms with Gasteiger partial charge in [0, 0.05) is 38.4 Å². The number of benzene rings is 2. The van der Waals surface area contributed by atoms with Crippen LogP contribution in [0.1, 0.15) is 26.3 Å². The molecular weight excluding hydrogens is 378 g/mol. The average molecular weight is 408 g/mol. The van der Waals surface area contributed by atoms with Crippen molar-refractivity contribution in [2.75, 3.05) is 31.9 Å². The summed E-state index contributed by atoms with van der Waals surface area (Å²) >= 11 is 0. The third-order valence-electron chi connectivity index (χ3n) is 5.19. The first-order chi connectivity index (χ1) is 14.3. The Kier molecular flexibility index (Phi) is 5.39. The number of ether oxygens (including phenoxy) is 1. The predicted molar refractivity (Wildman–Crippen MR) is 119 cm³/mol. The summed E-state index contributed by atoms with van der Waals surface area (Å²) in [6.07, 6.45) is -0.231. The Morgan fingerprint density at radius 1 is 1.07 bits per heavy atom. The molecule has 0 atom stereocenters. The van der Waals surface area contributed by atoms with Gasteiger partial charge in [-0.1, -0.05) is 24.3 Å². The van der Waals surface area contributed by atoms with Crippen LogP contribution in [0.2, 0.25) is 0 Å². The van der Waals surface area contributed by atoms with Crippen molar-refractivity contribution in [3.8, 4) is 5.69 Å². The maximum Gasteiger partial charge on any atom is 0.410 e. The van der Waals surface area contributed by atoms with Gasteiger partial charge in [0.15, 0.2) is 0 Å². The lowest BCUT2D eigenvalue weighted by Gasteiger charge is -2.35. The summed E-state index contributed by atoms with van der Waals surface area (Å²) in [7, 11) is 0. The SMILES string of the molecule is CC(C)(C)OC(=O)N1CCN(Cc2ccc3c(c2)nc(N)n3-c2ccccc2)CC1. The fourth-order valence-electron chi connectivity index (χ4n) is 3.76. The second kappa shape index (κ2) is 7.99. The number of para-hydroxylation sites is 1. The van der Waals surface area contributed by atoms with Crippen molar-refractivity contribution in [3.05, 3.63) is 54.1 Å². The molecular formula is C23H29N5O2. The average Bonchev–Trinajstić information content (AvgIpc) is 3.03. The molecule has 7 nitrogen and oxygen atoms in total. The van der Waals surface area contributed by atoms with Gasteiger partial charge in [-0.25, -0.2) is 9.78 Å². The van der Waals surface area contributed by atoms with Crippen molar-refractivity contribution in [1.82, 2.24) is 19.4 Å². The summed E-state index contributed by atoms with van der Waals surface area (Å²) in [6, 6.07) is 16.3. The molecule has 7 heteroatoms. The first kappa shape index (κ1) is 20.2. The zero-order chi connectivity index (χ0) is 21.3. The van der Waals surface area contributed by atoms with E-state index in [1.807, 2.05) is 55.7 Å². The highest BCUT2D eigenvalue weighted by Gasteiger charge is 2.25. The number of nitrogens with two attached hydrogens (primary N) is 1. The molecule has 2 aromatic carbocycles. The molecule has 0 spiro atoms. The number of hydrogen-bond donors (Lipinski definition) is 1. The minimum atomic E-state index is -0.464. The van der Waals surface area contributed by atoms with Crippen molar-refractivity contribution in [2.24, 2.45) is 0 Å². The van der Waals surface area contributed by atoms with Crippen LogP contribution >= 0.6 is 0 Å². The molecule has 0 aliphatic carbocycles. The van der Waals surface area contributed by atoms with E-state index >= 15 is 0 Å². The standard InChI is InChI=1S/C23H29N5O2/c1-23(2,3)30-22(29)27-13-11-26(12-14-27)16-17-9-10-20-19(15-17)25-21(24)28(20)18-7-5-4-6-8-18/h4-10,15H,11-14,16H2,1-3H3,(H2,24,25). The van der Waals surface area contributed by atoms with Crippen molar-refractivity contribution in [1.29, 1.82) is 0 Å². The van der Waals surface area contributed by atoms with Crippen molar-refractivity contribution < 1.29 is 9.53 Å². The number of nitrogen functional groups attached to an aromatic ring is 1. The molecule has 1 saturated heterocycles. The molecule has 2 N–H and O–H groups in total. The molecule has 1 amide bonds. The van der Waals surface area contributed by atoms with Gasteiger partial charge < -0.3 is 15.4 Å². The Labute approximate surface area is 177 Å². The van der Waals surface area contributed by atoms with E-state index in [0.717, 1.165) is 36.4 Å². The monoisotopic (exact) mass is 407 g/mol. The Bertz CT molecular complexity index is 1030. The van der Waals surface area contributed by atoms with Gasteiger partial charge in [0.25, 0.3) is 0 Å². The summed E-state index contributed by atoms with van der Waals surface area (Å²) < 4.78 is 7.45. The zero-order valence-corrected chi connectivity index (χ0v) is 17.8. The summed E-state index contributed by atoms with van der Waals surface area (Å²) in [5.41, 5.74) is 9.81. The van der Waals surface area contributed by atoms with Crippen molar-refractivity contribution in [3.63, 3.8) is 0 Å². The predicted octanol–water partition coefficient (Wildman–Crippen LogP) is 3.66. The number of hydrogen-bond acceptors (Lipinski definition) is 5. The van der Waals surface area contributed by atoms with E-state index in [1.165, 1.54) is 5.56 Å². The normalized spacial score (nSPS) is 15.5. The summed E-state index contributed by atoms with van der Waals surface area (Å²) in [5.74, 6) is 0.485. The van der Waals surface area contributed by atoms with E-state index in [4.69, 9.17) is 10.5 Å². The number of carbonyl (C=O) groups is 1. The topological polar surface area (TPSA) is 76.6 Å². The number of rotatable bonds is 3. The van der Waals surface area contributed by atoms with Crippen LogP contribution in [0.5, 0.6) is 0 Å². The van der Waals surface area contributed by atoms with Gasteiger partial charge in [-0.15, -0.1) is 0 Å². The van der Waals surface area contributed by atoms with Gasteiger partial charge in [0.2, 0.25) is 5.95 Å². The van der Waals surface area contributed by atoms with Crippen LogP contribution in [0, 0.1) is 0 Å². The third-order valence-corrected chi connectivity index (χ3v) is 5.19. The van der Waals surface area contributed by atoms with Crippen molar-refractivity contribution >= 4 is 23.1 Å². The van der Waals surface area contributed by atoms with Gasteiger partial charge in [-0.3, -0.25) is 9.47 Å². The Morgan fingerprint density at radius 3 is 2.43 bits per heavy atom. The lowest BCUT2D eigenvalue weighted by molar-refractivity contribution is 0.0139. The van der Waals surface area contributed by atoms with Crippen LogP contribution in [-0.2, 0) is 11.3 Å². The quantitative estimate of drug-likeness (QED) is 0.717. The minimum absolute atomic E-state index is 0.231. The molecule has 0 unspecified atom stereocenters. The second-order valence-electron chi connectivity index (χ2n) is 8.71. The van der Waals surface area contributed by atoms with E-state index in [9.17, 15) is 4.79 Å².